The van der Waals surface area contributed by atoms with Crippen LogP contribution in [0.1, 0.15) is 31.9 Å². The first-order valence-electron chi connectivity index (χ1n) is 11.8. The second kappa shape index (κ2) is 12.4. The fourth-order valence-electron chi connectivity index (χ4n) is 4.17. The Morgan fingerprint density at radius 2 is 1.80 bits per heavy atom. The molecule has 0 fully saturated rings. The highest BCUT2D eigenvalue weighted by Gasteiger charge is 2.27. The van der Waals surface area contributed by atoms with Crippen LogP contribution in [0, 0.1) is 5.92 Å². The number of nitrogens with zero attached hydrogens (tertiary/aromatic N) is 2. The van der Waals surface area contributed by atoms with E-state index in [4.69, 9.17) is 27.9 Å². The Hall–Kier alpha value is -2.54. The number of aromatic amines is 1. The van der Waals surface area contributed by atoms with Crippen LogP contribution >= 0.6 is 23.2 Å². The van der Waals surface area contributed by atoms with E-state index in [2.05, 4.69) is 24.9 Å². The van der Waals surface area contributed by atoms with Crippen LogP contribution in [-0.2, 0) is 27.3 Å². The molecule has 3 aromatic rings. The number of hydrogen-bond acceptors (Lipinski definition) is 4. The Kier molecular flexibility index (Phi) is 9.61. The van der Waals surface area contributed by atoms with E-state index in [0.717, 1.165) is 22.0 Å². The number of ether oxygens (including phenoxy) is 1. The standard InChI is InChI=1S/C27H33Cl2N3O3/c1-18(2)15-32(19(3)27(34)35-4)17-26(33)31(16-20-9-10-23(28)24(29)13-20)12-11-21-14-30-25-8-6-5-7-22(21)25/h5-10,13-14,18-19,30H,11-12,15-17H2,1-4H3/t19-/m1/s1. The number of amides is 1. The highest BCUT2D eigenvalue weighted by Crippen LogP contribution is 2.24. The molecule has 1 atom stereocenters. The molecule has 0 radical (unpaired) electrons. The van der Waals surface area contributed by atoms with Gasteiger partial charge in [-0.05, 0) is 48.6 Å². The molecule has 1 heterocycles. The second-order valence-electron chi connectivity index (χ2n) is 9.20. The number of aromatic nitrogens is 1. The first kappa shape index (κ1) is 27.1. The number of carbonyl (C=O) groups is 2. The molecule has 8 heteroatoms. The minimum absolute atomic E-state index is 0.0627. The molecule has 0 aliphatic rings. The number of hydrogen-bond donors (Lipinski definition) is 1. The van der Waals surface area contributed by atoms with Gasteiger partial charge in [-0.1, -0.05) is 61.3 Å². The first-order chi connectivity index (χ1) is 16.7. The summed E-state index contributed by atoms with van der Waals surface area (Å²) in [5, 5.41) is 2.08. The van der Waals surface area contributed by atoms with Crippen molar-refractivity contribution in [3.05, 3.63) is 69.8 Å². The smallest absolute Gasteiger partial charge is 0.322 e. The van der Waals surface area contributed by atoms with Gasteiger partial charge < -0.3 is 14.6 Å². The van der Waals surface area contributed by atoms with Crippen molar-refractivity contribution in [3.63, 3.8) is 0 Å². The second-order valence-corrected chi connectivity index (χ2v) is 10.0. The van der Waals surface area contributed by atoms with E-state index in [9.17, 15) is 9.59 Å². The van der Waals surface area contributed by atoms with Crippen molar-refractivity contribution in [1.29, 1.82) is 0 Å². The van der Waals surface area contributed by atoms with Gasteiger partial charge in [-0.25, -0.2) is 0 Å². The average molecular weight is 518 g/mol. The molecular weight excluding hydrogens is 485 g/mol. The van der Waals surface area contributed by atoms with Gasteiger partial charge in [0.15, 0.2) is 0 Å². The molecule has 0 saturated carbocycles. The monoisotopic (exact) mass is 517 g/mol. The van der Waals surface area contributed by atoms with Crippen molar-refractivity contribution in [2.24, 2.45) is 5.92 Å². The molecule has 1 amide bonds. The highest BCUT2D eigenvalue weighted by atomic mass is 35.5. The third-order valence-corrected chi connectivity index (χ3v) is 6.80. The molecule has 0 aliphatic heterocycles. The Balaban J connectivity index is 1.82. The van der Waals surface area contributed by atoms with Crippen LogP contribution in [0.15, 0.2) is 48.7 Å². The zero-order valence-corrected chi connectivity index (χ0v) is 22.2. The highest BCUT2D eigenvalue weighted by molar-refractivity contribution is 6.42. The Morgan fingerprint density at radius 1 is 1.06 bits per heavy atom. The Labute approximate surface area is 217 Å². The fraction of sp³-hybridized carbons (Fsp3) is 0.407. The van der Waals surface area contributed by atoms with Crippen molar-refractivity contribution in [2.45, 2.75) is 39.8 Å². The van der Waals surface area contributed by atoms with Gasteiger partial charge in [-0.3, -0.25) is 14.5 Å². The number of H-pyrrole nitrogens is 1. The zero-order valence-electron chi connectivity index (χ0n) is 20.7. The summed E-state index contributed by atoms with van der Waals surface area (Å²) in [5.41, 5.74) is 3.11. The molecular formula is C27H33Cl2N3O3. The molecule has 0 aliphatic carbocycles. The summed E-state index contributed by atoms with van der Waals surface area (Å²) in [7, 11) is 1.37. The number of esters is 1. The van der Waals surface area contributed by atoms with E-state index in [1.54, 1.807) is 19.1 Å². The minimum atomic E-state index is -0.521. The zero-order chi connectivity index (χ0) is 25.5. The predicted molar refractivity (Wildman–Crippen MR) is 142 cm³/mol. The fourth-order valence-corrected chi connectivity index (χ4v) is 4.49. The van der Waals surface area contributed by atoms with Crippen LogP contribution in [-0.4, -0.2) is 59.4 Å². The van der Waals surface area contributed by atoms with Gasteiger partial charge in [0.2, 0.25) is 5.91 Å². The SMILES string of the molecule is COC(=O)[C@@H](C)N(CC(=O)N(CCc1c[nH]c2ccccc12)Cc1ccc(Cl)c(Cl)c1)CC(C)C. The van der Waals surface area contributed by atoms with Crippen LogP contribution in [0.4, 0.5) is 0 Å². The lowest BCUT2D eigenvalue weighted by molar-refractivity contribution is -0.147. The van der Waals surface area contributed by atoms with Crippen molar-refractivity contribution < 1.29 is 14.3 Å². The lowest BCUT2D eigenvalue weighted by Gasteiger charge is -2.31. The third-order valence-electron chi connectivity index (χ3n) is 6.06. The van der Waals surface area contributed by atoms with E-state index in [0.29, 0.717) is 36.1 Å². The Bertz CT molecular complexity index is 1160. The molecule has 6 nitrogen and oxygen atoms in total. The van der Waals surface area contributed by atoms with Crippen molar-refractivity contribution in [1.82, 2.24) is 14.8 Å². The molecule has 3 rings (SSSR count). The van der Waals surface area contributed by atoms with Gasteiger partial charge in [0.25, 0.3) is 0 Å². The van der Waals surface area contributed by atoms with Crippen LogP contribution in [0.25, 0.3) is 10.9 Å². The van der Waals surface area contributed by atoms with E-state index >= 15 is 0 Å². The molecule has 1 aromatic heterocycles. The summed E-state index contributed by atoms with van der Waals surface area (Å²) in [6, 6.07) is 13.0. The largest absolute Gasteiger partial charge is 0.468 e. The quantitative estimate of drug-likeness (QED) is 0.338. The lowest BCUT2D eigenvalue weighted by Crippen LogP contribution is -2.48. The van der Waals surface area contributed by atoms with E-state index in [1.807, 2.05) is 40.3 Å². The summed E-state index contributed by atoms with van der Waals surface area (Å²) < 4.78 is 4.94. The summed E-state index contributed by atoms with van der Waals surface area (Å²) >= 11 is 12.3. The predicted octanol–water partition coefficient (Wildman–Crippen LogP) is 5.57. The summed E-state index contributed by atoms with van der Waals surface area (Å²) in [6.45, 7) is 7.52. The molecule has 188 valence electrons. The minimum Gasteiger partial charge on any atom is -0.468 e. The molecule has 0 bridgehead atoms. The number of carbonyl (C=O) groups excluding carboxylic acids is 2. The van der Waals surface area contributed by atoms with Crippen LogP contribution in [0.5, 0.6) is 0 Å². The maximum atomic E-state index is 13.6. The number of methoxy groups -OCH3 is 1. The van der Waals surface area contributed by atoms with E-state index in [-0.39, 0.29) is 24.3 Å². The molecule has 0 unspecified atom stereocenters. The van der Waals surface area contributed by atoms with Crippen molar-refractivity contribution >= 4 is 46.0 Å². The first-order valence-corrected chi connectivity index (χ1v) is 12.5. The van der Waals surface area contributed by atoms with E-state index < -0.39 is 6.04 Å². The average Bonchev–Trinajstić information content (AvgIpc) is 3.25. The number of fused-ring (bicyclic) bond motifs is 1. The molecule has 1 N–H and O–H groups in total. The number of halogens is 2. The third kappa shape index (κ3) is 7.23. The Morgan fingerprint density at radius 3 is 2.49 bits per heavy atom. The molecule has 0 saturated heterocycles. The number of benzene rings is 2. The summed E-state index contributed by atoms with van der Waals surface area (Å²) in [6.07, 6.45) is 2.69. The normalized spacial score (nSPS) is 12.3. The van der Waals surface area contributed by atoms with Gasteiger partial charge in [0.05, 0.1) is 23.7 Å². The van der Waals surface area contributed by atoms with E-state index in [1.165, 1.54) is 7.11 Å². The van der Waals surface area contributed by atoms with Crippen LogP contribution in [0.2, 0.25) is 10.0 Å². The van der Waals surface area contributed by atoms with Gasteiger partial charge in [0, 0.05) is 36.7 Å². The van der Waals surface area contributed by atoms with Gasteiger partial charge in [-0.15, -0.1) is 0 Å². The topological polar surface area (TPSA) is 65.6 Å². The van der Waals surface area contributed by atoms with Gasteiger partial charge in [-0.2, -0.15) is 0 Å². The van der Waals surface area contributed by atoms with Crippen LogP contribution in [0.3, 0.4) is 0 Å². The van der Waals surface area contributed by atoms with Crippen LogP contribution < -0.4 is 0 Å². The van der Waals surface area contributed by atoms with Gasteiger partial charge in [0.1, 0.15) is 6.04 Å². The van der Waals surface area contributed by atoms with Crippen molar-refractivity contribution in [2.75, 3.05) is 26.7 Å². The van der Waals surface area contributed by atoms with Gasteiger partial charge >= 0.3 is 5.97 Å². The maximum Gasteiger partial charge on any atom is 0.322 e. The number of para-hydroxylation sites is 1. The lowest BCUT2D eigenvalue weighted by atomic mass is 10.1. The molecule has 35 heavy (non-hydrogen) atoms. The maximum absolute atomic E-state index is 13.6. The molecule has 2 aromatic carbocycles. The number of nitrogens with one attached hydrogen (secondary N) is 1. The molecule has 0 spiro atoms. The van der Waals surface area contributed by atoms with Crippen molar-refractivity contribution in [3.8, 4) is 0 Å². The summed E-state index contributed by atoms with van der Waals surface area (Å²) in [5.74, 6) is -0.134. The number of rotatable bonds is 11. The summed E-state index contributed by atoms with van der Waals surface area (Å²) in [4.78, 5) is 32.8.